The summed E-state index contributed by atoms with van der Waals surface area (Å²) in [5.41, 5.74) is 0.484. The van der Waals surface area contributed by atoms with Gasteiger partial charge in [0.15, 0.2) is 11.6 Å². The number of pyridine rings is 1. The van der Waals surface area contributed by atoms with Gasteiger partial charge in [-0.1, -0.05) is 17.7 Å². The number of nitrogens with one attached hydrogen (secondary N) is 1. The summed E-state index contributed by atoms with van der Waals surface area (Å²) in [4.78, 5) is 12.6. The molecule has 4 heterocycles. The molecule has 0 radical (unpaired) electrons. The maximum atomic E-state index is 13.4. The average Bonchev–Trinajstić information content (AvgIpc) is 3.51. The van der Waals surface area contributed by atoms with E-state index in [0.29, 0.717) is 35.6 Å². The highest BCUT2D eigenvalue weighted by Crippen LogP contribution is 2.28. The fourth-order valence-corrected chi connectivity index (χ4v) is 4.99. The molecular weight excluding hydrogens is 498 g/mol. The van der Waals surface area contributed by atoms with Gasteiger partial charge in [0.2, 0.25) is 21.9 Å². The van der Waals surface area contributed by atoms with E-state index in [4.69, 9.17) is 25.8 Å². The van der Waals surface area contributed by atoms with Crippen molar-refractivity contribution in [3.8, 4) is 17.4 Å². The summed E-state index contributed by atoms with van der Waals surface area (Å²) >= 11 is 5.86. The SMILES string of the molecule is COc1cccc(-c2nnc(NS(=O)(=O)[C@@H](C)[C@H](OC)c3ncc(Cl)cn3)n2C[C@@H]2CCCO2)n1. The number of hydrogen-bond donors (Lipinski definition) is 1. The van der Waals surface area contributed by atoms with E-state index in [1.54, 1.807) is 22.8 Å². The normalized spacial score (nSPS) is 17.8. The van der Waals surface area contributed by atoms with Crippen LogP contribution in [0.4, 0.5) is 5.95 Å². The molecule has 3 aromatic rings. The molecular formula is C21H26ClN7O5S. The molecule has 1 saturated heterocycles. The van der Waals surface area contributed by atoms with Crippen LogP contribution in [0, 0.1) is 0 Å². The average molecular weight is 524 g/mol. The van der Waals surface area contributed by atoms with Crippen molar-refractivity contribution in [1.29, 1.82) is 0 Å². The molecule has 0 saturated carbocycles. The lowest BCUT2D eigenvalue weighted by molar-refractivity contribution is 0.0949. The second kappa shape index (κ2) is 10.8. The van der Waals surface area contributed by atoms with E-state index in [-0.39, 0.29) is 17.9 Å². The Hall–Kier alpha value is -2.87. The fraction of sp³-hybridized carbons (Fsp3) is 0.476. The molecule has 1 fully saturated rings. The number of nitrogens with zero attached hydrogens (tertiary/aromatic N) is 6. The number of aromatic nitrogens is 6. The minimum atomic E-state index is -4.02. The summed E-state index contributed by atoms with van der Waals surface area (Å²) in [6.07, 6.45) is 3.48. The van der Waals surface area contributed by atoms with Gasteiger partial charge in [-0.25, -0.2) is 23.4 Å². The van der Waals surface area contributed by atoms with Crippen molar-refractivity contribution >= 4 is 27.6 Å². The highest BCUT2D eigenvalue weighted by atomic mass is 35.5. The van der Waals surface area contributed by atoms with Crippen LogP contribution in [-0.2, 0) is 26.0 Å². The fourth-order valence-electron chi connectivity index (χ4n) is 3.75. The van der Waals surface area contributed by atoms with Crippen LogP contribution in [0.2, 0.25) is 5.02 Å². The molecule has 0 spiro atoms. The molecule has 4 rings (SSSR count). The van der Waals surface area contributed by atoms with Crippen LogP contribution in [0.3, 0.4) is 0 Å². The van der Waals surface area contributed by atoms with E-state index >= 15 is 0 Å². The van der Waals surface area contributed by atoms with E-state index in [9.17, 15) is 8.42 Å². The number of anilines is 1. The molecule has 3 atom stereocenters. The largest absolute Gasteiger partial charge is 0.481 e. The van der Waals surface area contributed by atoms with Gasteiger partial charge in [0.1, 0.15) is 17.0 Å². The van der Waals surface area contributed by atoms with Crippen molar-refractivity contribution < 1.29 is 22.6 Å². The van der Waals surface area contributed by atoms with Crippen molar-refractivity contribution in [1.82, 2.24) is 29.7 Å². The Morgan fingerprint density at radius 1 is 1.26 bits per heavy atom. The standard InChI is InChI=1S/C21H26ClN7O5S/c1-13(18(33-3)19-23-10-14(22)11-24-19)35(30,31)28-21-27-26-20(16-7-4-8-17(25-16)32-2)29(21)12-15-6-5-9-34-15/h4,7-8,10-11,13,15,18H,5-6,9,12H2,1-3H3,(H,27,28)/t13-,15-,18-/m0/s1. The Bertz CT molecular complexity index is 1250. The maximum Gasteiger partial charge on any atom is 0.240 e. The molecule has 1 N–H and O–H groups in total. The molecule has 0 bridgehead atoms. The molecule has 12 nitrogen and oxygen atoms in total. The van der Waals surface area contributed by atoms with Gasteiger partial charge in [-0.3, -0.25) is 9.29 Å². The highest BCUT2D eigenvalue weighted by molar-refractivity contribution is 7.93. The van der Waals surface area contributed by atoms with E-state index in [1.165, 1.54) is 33.5 Å². The molecule has 35 heavy (non-hydrogen) atoms. The molecule has 0 aliphatic carbocycles. The molecule has 14 heteroatoms. The van der Waals surface area contributed by atoms with Crippen LogP contribution in [0.5, 0.6) is 5.88 Å². The lowest BCUT2D eigenvalue weighted by Gasteiger charge is -2.22. The summed E-state index contributed by atoms with van der Waals surface area (Å²) in [6.45, 7) is 2.50. The quantitative estimate of drug-likeness (QED) is 0.420. The first kappa shape index (κ1) is 25.2. The van der Waals surface area contributed by atoms with Gasteiger partial charge in [0.05, 0.1) is 24.8 Å². The molecule has 0 unspecified atom stereocenters. The number of hydrogen-bond acceptors (Lipinski definition) is 10. The number of halogens is 1. The third kappa shape index (κ3) is 5.69. The zero-order valence-electron chi connectivity index (χ0n) is 19.5. The third-order valence-corrected chi connectivity index (χ3v) is 7.51. The van der Waals surface area contributed by atoms with Gasteiger partial charge >= 0.3 is 0 Å². The van der Waals surface area contributed by atoms with E-state index < -0.39 is 21.4 Å². The van der Waals surface area contributed by atoms with Gasteiger partial charge in [0, 0.05) is 32.2 Å². The van der Waals surface area contributed by atoms with Gasteiger partial charge in [-0.05, 0) is 25.8 Å². The number of sulfonamides is 1. The zero-order chi connectivity index (χ0) is 25.0. The minimum Gasteiger partial charge on any atom is -0.481 e. The van der Waals surface area contributed by atoms with Gasteiger partial charge < -0.3 is 14.2 Å². The first-order chi connectivity index (χ1) is 16.8. The van der Waals surface area contributed by atoms with E-state index in [2.05, 4.69) is 29.9 Å². The number of ether oxygens (including phenoxy) is 3. The Kier molecular flexibility index (Phi) is 7.79. The lowest BCUT2D eigenvalue weighted by Crippen LogP contribution is -2.34. The zero-order valence-corrected chi connectivity index (χ0v) is 21.0. The van der Waals surface area contributed by atoms with Gasteiger partial charge in [0.25, 0.3) is 0 Å². The number of methoxy groups -OCH3 is 2. The summed E-state index contributed by atoms with van der Waals surface area (Å²) in [5, 5.41) is 7.61. The Balaban J connectivity index is 1.66. The van der Waals surface area contributed by atoms with Gasteiger partial charge in [-0.2, -0.15) is 0 Å². The predicted octanol–water partition coefficient (Wildman–Crippen LogP) is 2.49. The van der Waals surface area contributed by atoms with Crippen LogP contribution in [-0.4, -0.2) is 70.3 Å². The summed E-state index contributed by atoms with van der Waals surface area (Å²) < 4.78 is 47.3. The predicted molar refractivity (Wildman–Crippen MR) is 128 cm³/mol. The van der Waals surface area contributed by atoms with Crippen molar-refractivity contribution in [3.05, 3.63) is 41.4 Å². The van der Waals surface area contributed by atoms with Crippen molar-refractivity contribution in [3.63, 3.8) is 0 Å². The molecule has 1 aliphatic rings. The van der Waals surface area contributed by atoms with Crippen LogP contribution in [0.1, 0.15) is 31.7 Å². The second-order valence-electron chi connectivity index (χ2n) is 7.93. The molecule has 0 aromatic carbocycles. The lowest BCUT2D eigenvalue weighted by atomic mass is 10.2. The number of rotatable bonds is 10. The summed E-state index contributed by atoms with van der Waals surface area (Å²) in [6, 6.07) is 5.23. The molecule has 3 aromatic heterocycles. The monoisotopic (exact) mass is 523 g/mol. The summed E-state index contributed by atoms with van der Waals surface area (Å²) in [7, 11) is -1.11. The second-order valence-corrected chi connectivity index (χ2v) is 10.4. The Labute approximate surface area is 208 Å². The van der Waals surface area contributed by atoms with Crippen LogP contribution < -0.4 is 9.46 Å². The molecule has 1 aliphatic heterocycles. The first-order valence-corrected chi connectivity index (χ1v) is 12.8. The van der Waals surface area contributed by atoms with Gasteiger partial charge in [-0.15, -0.1) is 10.2 Å². The van der Waals surface area contributed by atoms with Crippen molar-refractivity contribution in [2.24, 2.45) is 0 Å². The van der Waals surface area contributed by atoms with Crippen LogP contribution in [0.15, 0.2) is 30.6 Å². The Morgan fingerprint density at radius 3 is 2.69 bits per heavy atom. The van der Waals surface area contributed by atoms with Crippen LogP contribution >= 0.6 is 11.6 Å². The van der Waals surface area contributed by atoms with Crippen LogP contribution in [0.25, 0.3) is 11.5 Å². The Morgan fingerprint density at radius 2 is 2.03 bits per heavy atom. The molecule has 0 amide bonds. The maximum absolute atomic E-state index is 13.4. The van der Waals surface area contributed by atoms with Crippen molar-refractivity contribution in [2.45, 2.75) is 43.8 Å². The third-order valence-electron chi connectivity index (χ3n) is 5.62. The van der Waals surface area contributed by atoms with E-state index in [0.717, 1.165) is 12.8 Å². The van der Waals surface area contributed by atoms with E-state index in [1.807, 2.05) is 0 Å². The topological polar surface area (TPSA) is 143 Å². The minimum absolute atomic E-state index is 0.0406. The first-order valence-electron chi connectivity index (χ1n) is 10.9. The smallest absolute Gasteiger partial charge is 0.240 e. The van der Waals surface area contributed by atoms with Crippen molar-refractivity contribution in [2.75, 3.05) is 25.5 Å². The molecule has 188 valence electrons. The highest BCUT2D eigenvalue weighted by Gasteiger charge is 2.34. The summed E-state index contributed by atoms with van der Waals surface area (Å²) in [5.74, 6) is 1.01.